The largest absolute Gasteiger partial charge is 0.363 e. The molecule has 2 aliphatic heterocycles. The molecule has 3 atom stereocenters. The molecule has 0 radical (unpaired) electrons. The molecule has 152 valence electrons. The average Bonchev–Trinajstić information content (AvgIpc) is 3.14. The minimum Gasteiger partial charge on any atom is -0.307 e. The van der Waals surface area contributed by atoms with Crippen molar-refractivity contribution in [3.05, 3.63) is 35.9 Å². The van der Waals surface area contributed by atoms with Crippen LogP contribution in [0.1, 0.15) is 40.2 Å². The van der Waals surface area contributed by atoms with E-state index in [2.05, 4.69) is 4.99 Å². The standard InChI is InChI=1S/C20H27N2O5P/c1-6-26-28(25,27-7-2)20(14-11-9-8-10-12-14)16-15(13-21-20)17(23)22(18(16)24)19(3,4)5/h8-13,15-16H,6-7H2,1-5H3. The molecule has 2 amide bonds. The maximum absolute atomic E-state index is 14.0. The maximum Gasteiger partial charge on any atom is 0.363 e. The first kappa shape index (κ1) is 20.9. The van der Waals surface area contributed by atoms with E-state index in [1.54, 1.807) is 58.9 Å². The van der Waals surface area contributed by atoms with Crippen molar-refractivity contribution < 1.29 is 23.2 Å². The van der Waals surface area contributed by atoms with Crippen LogP contribution in [0.4, 0.5) is 0 Å². The number of hydrogen-bond acceptors (Lipinski definition) is 6. The molecule has 3 rings (SSSR count). The van der Waals surface area contributed by atoms with Gasteiger partial charge in [0.05, 0.1) is 25.0 Å². The van der Waals surface area contributed by atoms with Crippen molar-refractivity contribution in [2.45, 2.75) is 45.4 Å². The topological polar surface area (TPSA) is 85.3 Å². The van der Waals surface area contributed by atoms with Crippen LogP contribution in [-0.4, -0.2) is 41.7 Å². The molecule has 3 unspecified atom stereocenters. The zero-order valence-corrected chi connectivity index (χ0v) is 17.8. The molecule has 1 fully saturated rings. The average molecular weight is 406 g/mol. The second-order valence-electron chi connectivity index (χ2n) is 7.89. The van der Waals surface area contributed by atoms with Gasteiger partial charge in [-0.3, -0.25) is 24.0 Å². The van der Waals surface area contributed by atoms with Crippen LogP contribution in [0.5, 0.6) is 0 Å². The normalized spacial score (nSPS) is 27.5. The van der Waals surface area contributed by atoms with Gasteiger partial charge in [0.25, 0.3) is 0 Å². The SMILES string of the molecule is CCOP(=O)(OCC)C1(c2ccccc2)N=CC2C(=O)N(C(C)(C)C)C(=O)C21. The molecular formula is C20H27N2O5P. The van der Waals surface area contributed by atoms with Gasteiger partial charge in [0.15, 0.2) is 5.28 Å². The van der Waals surface area contributed by atoms with E-state index >= 15 is 0 Å². The van der Waals surface area contributed by atoms with Crippen molar-refractivity contribution in [1.82, 2.24) is 4.90 Å². The van der Waals surface area contributed by atoms with E-state index in [0.29, 0.717) is 5.56 Å². The van der Waals surface area contributed by atoms with Crippen molar-refractivity contribution in [2.24, 2.45) is 16.8 Å². The van der Waals surface area contributed by atoms with E-state index in [1.165, 1.54) is 11.1 Å². The van der Waals surface area contributed by atoms with Gasteiger partial charge >= 0.3 is 7.60 Å². The number of nitrogens with zero attached hydrogens (tertiary/aromatic N) is 2. The number of rotatable bonds is 6. The molecule has 0 aromatic heterocycles. The molecule has 0 N–H and O–H groups in total. The number of amides is 2. The van der Waals surface area contributed by atoms with Crippen molar-refractivity contribution in [2.75, 3.05) is 13.2 Å². The number of hydrogen-bond donors (Lipinski definition) is 0. The highest BCUT2D eigenvalue weighted by molar-refractivity contribution is 7.55. The van der Waals surface area contributed by atoms with E-state index < -0.39 is 36.2 Å². The summed E-state index contributed by atoms with van der Waals surface area (Å²) in [6.45, 7) is 9.09. The highest BCUT2D eigenvalue weighted by atomic mass is 31.2. The number of carbonyl (C=O) groups excluding carboxylic acids is 2. The van der Waals surface area contributed by atoms with E-state index in [0.717, 1.165) is 0 Å². The molecule has 1 aromatic rings. The summed E-state index contributed by atoms with van der Waals surface area (Å²) in [7, 11) is -3.93. The lowest BCUT2D eigenvalue weighted by atomic mass is 9.87. The van der Waals surface area contributed by atoms with Crippen molar-refractivity contribution >= 4 is 25.6 Å². The van der Waals surface area contributed by atoms with Gasteiger partial charge in [-0.1, -0.05) is 30.3 Å². The summed E-state index contributed by atoms with van der Waals surface area (Å²) in [5.41, 5.74) is -0.156. The quantitative estimate of drug-likeness (QED) is 0.532. The number of aliphatic imine (C=N–C) groups is 1. The van der Waals surface area contributed by atoms with Crippen LogP contribution in [0.2, 0.25) is 0 Å². The molecule has 8 heteroatoms. The van der Waals surface area contributed by atoms with E-state index in [-0.39, 0.29) is 19.1 Å². The Morgan fingerprint density at radius 1 is 1.07 bits per heavy atom. The van der Waals surface area contributed by atoms with Gasteiger partial charge in [-0.25, -0.2) is 0 Å². The Morgan fingerprint density at radius 3 is 2.14 bits per heavy atom. The number of benzene rings is 1. The first-order valence-corrected chi connectivity index (χ1v) is 11.1. The Morgan fingerprint density at radius 2 is 1.64 bits per heavy atom. The summed E-state index contributed by atoms with van der Waals surface area (Å²) in [6, 6.07) is 8.89. The molecule has 2 aliphatic rings. The maximum atomic E-state index is 14.0. The Kier molecular flexibility index (Phi) is 5.38. The van der Waals surface area contributed by atoms with Crippen LogP contribution in [0, 0.1) is 11.8 Å². The monoisotopic (exact) mass is 406 g/mol. The van der Waals surface area contributed by atoms with Crippen LogP contribution in [-0.2, 0) is 28.5 Å². The summed E-state index contributed by atoms with van der Waals surface area (Å²) >= 11 is 0. The third kappa shape index (κ3) is 2.88. The molecule has 0 saturated carbocycles. The molecule has 2 heterocycles. The summed E-state index contributed by atoms with van der Waals surface area (Å²) in [5, 5.41) is -1.59. The Hall–Kier alpha value is -1.82. The summed E-state index contributed by atoms with van der Waals surface area (Å²) in [6.07, 6.45) is 1.45. The van der Waals surface area contributed by atoms with Crippen molar-refractivity contribution in [3.8, 4) is 0 Å². The molecule has 1 saturated heterocycles. The van der Waals surface area contributed by atoms with E-state index in [1.807, 2.05) is 6.07 Å². The Bertz CT molecular complexity index is 838. The lowest BCUT2D eigenvalue weighted by Gasteiger charge is -2.38. The second kappa shape index (κ2) is 7.21. The fourth-order valence-electron chi connectivity index (χ4n) is 4.11. The van der Waals surface area contributed by atoms with Crippen LogP contribution >= 0.6 is 7.60 Å². The van der Waals surface area contributed by atoms with Crippen LogP contribution < -0.4 is 0 Å². The van der Waals surface area contributed by atoms with Crippen molar-refractivity contribution in [3.63, 3.8) is 0 Å². The second-order valence-corrected chi connectivity index (χ2v) is 10.1. The highest BCUT2D eigenvalue weighted by Gasteiger charge is 2.70. The number of carbonyl (C=O) groups is 2. The minimum atomic E-state index is -3.93. The highest BCUT2D eigenvalue weighted by Crippen LogP contribution is 2.72. The lowest BCUT2D eigenvalue weighted by molar-refractivity contribution is -0.145. The fourth-order valence-corrected chi connectivity index (χ4v) is 6.54. The summed E-state index contributed by atoms with van der Waals surface area (Å²) < 4.78 is 25.4. The fraction of sp³-hybridized carbons (Fsp3) is 0.550. The summed E-state index contributed by atoms with van der Waals surface area (Å²) in [5.74, 6) is -2.49. The lowest BCUT2D eigenvalue weighted by Crippen LogP contribution is -2.48. The minimum absolute atomic E-state index is 0.129. The first-order valence-electron chi connectivity index (χ1n) is 9.52. The summed E-state index contributed by atoms with van der Waals surface area (Å²) in [4.78, 5) is 32.3. The molecule has 28 heavy (non-hydrogen) atoms. The van der Waals surface area contributed by atoms with Gasteiger partial charge in [0.2, 0.25) is 11.8 Å². The van der Waals surface area contributed by atoms with Gasteiger partial charge < -0.3 is 9.05 Å². The number of imide groups is 1. The predicted molar refractivity (Wildman–Crippen MR) is 106 cm³/mol. The van der Waals surface area contributed by atoms with Crippen LogP contribution in [0.25, 0.3) is 0 Å². The van der Waals surface area contributed by atoms with Gasteiger partial charge in [0, 0.05) is 11.8 Å². The number of fused-ring (bicyclic) bond motifs is 1. The zero-order chi connectivity index (χ0) is 20.7. The Labute approximate surface area is 165 Å². The van der Waals surface area contributed by atoms with E-state index in [9.17, 15) is 14.2 Å². The van der Waals surface area contributed by atoms with Crippen molar-refractivity contribution in [1.29, 1.82) is 0 Å². The van der Waals surface area contributed by atoms with Crippen LogP contribution in [0.3, 0.4) is 0 Å². The van der Waals surface area contributed by atoms with Gasteiger partial charge in [0.1, 0.15) is 0 Å². The smallest absolute Gasteiger partial charge is 0.307 e. The molecule has 0 spiro atoms. The first-order chi connectivity index (χ1) is 13.1. The van der Waals surface area contributed by atoms with Gasteiger partial charge in [-0.2, -0.15) is 0 Å². The van der Waals surface area contributed by atoms with E-state index in [4.69, 9.17) is 9.05 Å². The number of likely N-dealkylation sites (tertiary alicyclic amines) is 1. The molecule has 0 aliphatic carbocycles. The van der Waals surface area contributed by atoms with Crippen LogP contribution in [0.15, 0.2) is 35.3 Å². The molecular weight excluding hydrogens is 379 g/mol. The molecule has 0 bridgehead atoms. The Balaban J connectivity index is 2.26. The third-order valence-corrected chi connectivity index (χ3v) is 7.78. The predicted octanol–water partition coefficient (Wildman–Crippen LogP) is 3.59. The zero-order valence-electron chi connectivity index (χ0n) is 16.9. The molecule has 7 nitrogen and oxygen atoms in total. The molecule has 1 aromatic carbocycles. The third-order valence-electron chi connectivity index (χ3n) is 5.10. The van der Waals surface area contributed by atoms with Gasteiger partial charge in [-0.15, -0.1) is 0 Å². The van der Waals surface area contributed by atoms with Gasteiger partial charge in [-0.05, 0) is 40.2 Å².